The highest BCUT2D eigenvalue weighted by Gasteiger charge is 2.35. The van der Waals surface area contributed by atoms with Crippen LogP contribution in [0.1, 0.15) is 60.4 Å². The molecule has 3 aromatic carbocycles. The Balaban J connectivity index is 1.30. The third-order valence-corrected chi connectivity index (χ3v) is 9.10. The number of amides is 3. The number of nitrogens with two attached hydrogens (primary N) is 1. The van der Waals surface area contributed by atoms with E-state index in [9.17, 15) is 14.4 Å². The van der Waals surface area contributed by atoms with E-state index in [-0.39, 0.29) is 23.8 Å². The molecule has 0 aliphatic carbocycles. The molecule has 0 aromatic heterocycles. The van der Waals surface area contributed by atoms with Gasteiger partial charge in [-0.25, -0.2) is 0 Å². The maximum atomic E-state index is 14.1. The lowest BCUT2D eigenvalue weighted by Crippen LogP contribution is -2.50. The fourth-order valence-electron chi connectivity index (χ4n) is 6.45. The fraction of sp³-hybridized carbons (Fsp3) is 0.444. The van der Waals surface area contributed by atoms with Crippen LogP contribution in [0, 0.1) is 0 Å². The Hall–Kier alpha value is -4.44. The van der Waals surface area contributed by atoms with Gasteiger partial charge in [-0.05, 0) is 67.0 Å². The molecule has 46 heavy (non-hydrogen) atoms. The van der Waals surface area contributed by atoms with Gasteiger partial charge < -0.3 is 31.5 Å². The lowest BCUT2D eigenvalue weighted by Gasteiger charge is -2.33. The Morgan fingerprint density at radius 1 is 0.957 bits per heavy atom. The summed E-state index contributed by atoms with van der Waals surface area (Å²) in [6.07, 6.45) is 5.07. The molecule has 10 nitrogen and oxygen atoms in total. The second kappa shape index (κ2) is 16.2. The van der Waals surface area contributed by atoms with Crippen LogP contribution in [-0.2, 0) is 9.59 Å². The molecule has 3 aromatic rings. The summed E-state index contributed by atoms with van der Waals surface area (Å²) in [7, 11) is 1.63. The van der Waals surface area contributed by atoms with Crippen molar-refractivity contribution in [3.63, 3.8) is 0 Å². The Morgan fingerprint density at radius 2 is 1.70 bits per heavy atom. The fourth-order valence-corrected chi connectivity index (χ4v) is 6.45. The largest absolute Gasteiger partial charge is 0.370 e. The van der Waals surface area contributed by atoms with Crippen LogP contribution in [0.15, 0.2) is 77.8 Å². The van der Waals surface area contributed by atoms with E-state index in [4.69, 9.17) is 5.73 Å². The second-order valence-electron chi connectivity index (χ2n) is 12.3. The van der Waals surface area contributed by atoms with Gasteiger partial charge in [0.15, 0.2) is 5.96 Å². The molecule has 244 valence electrons. The van der Waals surface area contributed by atoms with Gasteiger partial charge in [-0.15, -0.1) is 0 Å². The molecule has 2 saturated heterocycles. The number of hydrogen-bond donors (Lipinski definition) is 4. The molecule has 3 unspecified atom stereocenters. The van der Waals surface area contributed by atoms with Crippen LogP contribution in [0.4, 0.5) is 0 Å². The number of fused-ring (bicyclic) bond motifs is 1. The number of benzene rings is 3. The van der Waals surface area contributed by atoms with E-state index in [2.05, 4.69) is 20.9 Å². The average molecular weight is 626 g/mol. The summed E-state index contributed by atoms with van der Waals surface area (Å²) >= 11 is 0. The van der Waals surface area contributed by atoms with Crippen LogP contribution in [0.5, 0.6) is 0 Å². The lowest BCUT2D eigenvalue weighted by atomic mass is 9.95. The number of carbonyl (C=O) groups excluding carboxylic acids is 3. The molecule has 3 amide bonds. The van der Waals surface area contributed by atoms with Crippen LogP contribution >= 0.6 is 0 Å². The van der Waals surface area contributed by atoms with Gasteiger partial charge in [-0.1, -0.05) is 60.7 Å². The Labute approximate surface area is 271 Å². The number of piperidine rings is 1. The van der Waals surface area contributed by atoms with Crippen molar-refractivity contribution in [3.8, 4) is 0 Å². The first-order chi connectivity index (χ1) is 22.4. The first-order valence-electron chi connectivity index (χ1n) is 16.5. The number of hydrogen-bond acceptors (Lipinski definition) is 5. The molecular formula is C36H47N7O3. The third kappa shape index (κ3) is 8.63. The SMILES string of the molecule is CN=C(N)NCCCC1NC(CNC(=O)c2ccc3ccccc3c2)CCN(CC(C(=O)N2CCCCC2)c2ccccc2)C1=O. The van der Waals surface area contributed by atoms with Gasteiger partial charge in [0.25, 0.3) is 5.91 Å². The van der Waals surface area contributed by atoms with Gasteiger partial charge in [-0.2, -0.15) is 0 Å². The zero-order valence-corrected chi connectivity index (χ0v) is 26.8. The first-order valence-corrected chi connectivity index (χ1v) is 16.5. The molecule has 2 fully saturated rings. The smallest absolute Gasteiger partial charge is 0.251 e. The predicted octanol–water partition coefficient (Wildman–Crippen LogP) is 3.24. The van der Waals surface area contributed by atoms with Crippen molar-refractivity contribution in [1.82, 2.24) is 25.8 Å². The van der Waals surface area contributed by atoms with Gasteiger partial charge in [0.05, 0.1) is 12.0 Å². The summed E-state index contributed by atoms with van der Waals surface area (Å²) in [5.41, 5.74) is 7.34. The summed E-state index contributed by atoms with van der Waals surface area (Å²) in [4.78, 5) is 48.9. The highest BCUT2D eigenvalue weighted by molar-refractivity contribution is 5.98. The number of carbonyl (C=O) groups is 3. The maximum absolute atomic E-state index is 14.1. The monoisotopic (exact) mass is 625 g/mol. The van der Waals surface area contributed by atoms with Crippen LogP contribution in [0.2, 0.25) is 0 Å². The van der Waals surface area contributed by atoms with Crippen molar-refractivity contribution in [2.45, 2.75) is 56.5 Å². The standard InChI is InChI=1S/C36H47N7O3/c1-38-36(37)39-19-10-15-32-35(46)43(25-31(27-12-4-2-5-13-27)34(45)42-20-8-3-9-21-42)22-18-30(41-32)24-40-33(44)29-17-16-26-11-6-7-14-28(26)23-29/h2,4-7,11-14,16-17,23,30-32,41H,3,8-10,15,18-22,24-25H2,1H3,(H,40,44)(H3,37,38,39). The molecule has 0 radical (unpaired) electrons. The van der Waals surface area contributed by atoms with Gasteiger partial charge in [0.2, 0.25) is 11.8 Å². The average Bonchev–Trinajstić information content (AvgIpc) is 3.25. The predicted molar refractivity (Wildman–Crippen MR) is 183 cm³/mol. The zero-order valence-electron chi connectivity index (χ0n) is 26.8. The summed E-state index contributed by atoms with van der Waals surface area (Å²) in [6.45, 7) is 3.29. The summed E-state index contributed by atoms with van der Waals surface area (Å²) in [5, 5.41) is 11.8. The van der Waals surface area contributed by atoms with Gasteiger partial charge in [0.1, 0.15) is 0 Å². The number of rotatable bonds is 11. The zero-order chi connectivity index (χ0) is 32.3. The van der Waals surface area contributed by atoms with Gasteiger partial charge in [-0.3, -0.25) is 19.4 Å². The quantitative estimate of drug-likeness (QED) is 0.147. The molecule has 0 spiro atoms. The van der Waals surface area contributed by atoms with Crippen LogP contribution in [0.25, 0.3) is 10.8 Å². The lowest BCUT2D eigenvalue weighted by molar-refractivity contribution is -0.137. The van der Waals surface area contributed by atoms with Crippen LogP contribution < -0.4 is 21.7 Å². The van der Waals surface area contributed by atoms with Crippen molar-refractivity contribution in [1.29, 1.82) is 0 Å². The molecule has 3 atom stereocenters. The van der Waals surface area contributed by atoms with E-state index in [0.717, 1.165) is 48.7 Å². The Bertz CT molecular complexity index is 1510. The van der Waals surface area contributed by atoms with Crippen molar-refractivity contribution < 1.29 is 14.4 Å². The highest BCUT2D eigenvalue weighted by atomic mass is 16.2. The molecule has 0 bridgehead atoms. The highest BCUT2D eigenvalue weighted by Crippen LogP contribution is 2.24. The van der Waals surface area contributed by atoms with Crippen molar-refractivity contribution in [2.24, 2.45) is 10.7 Å². The number of aliphatic imine (C=N–C) groups is 1. The maximum Gasteiger partial charge on any atom is 0.251 e. The Kier molecular flexibility index (Phi) is 11.6. The van der Waals surface area contributed by atoms with Crippen LogP contribution in [0.3, 0.4) is 0 Å². The van der Waals surface area contributed by atoms with Crippen LogP contribution in [-0.4, -0.2) is 91.9 Å². The minimum Gasteiger partial charge on any atom is -0.370 e. The molecule has 5 rings (SSSR count). The number of likely N-dealkylation sites (tertiary alicyclic amines) is 1. The van der Waals surface area contributed by atoms with E-state index in [1.54, 1.807) is 7.05 Å². The van der Waals surface area contributed by atoms with E-state index in [1.165, 1.54) is 0 Å². The molecule has 5 N–H and O–H groups in total. The van der Waals surface area contributed by atoms with E-state index >= 15 is 0 Å². The number of nitrogens with zero attached hydrogens (tertiary/aromatic N) is 3. The van der Waals surface area contributed by atoms with Crippen molar-refractivity contribution >= 4 is 34.5 Å². The van der Waals surface area contributed by atoms with E-state index < -0.39 is 12.0 Å². The molecule has 2 aliphatic heterocycles. The number of guanidine groups is 1. The molecular weight excluding hydrogens is 578 g/mol. The van der Waals surface area contributed by atoms with Gasteiger partial charge >= 0.3 is 0 Å². The van der Waals surface area contributed by atoms with Gasteiger partial charge in [0, 0.05) is 57.9 Å². The summed E-state index contributed by atoms with van der Waals surface area (Å²) in [6, 6.07) is 22.9. The molecule has 10 heteroatoms. The Morgan fingerprint density at radius 3 is 2.46 bits per heavy atom. The van der Waals surface area contributed by atoms with Crippen molar-refractivity contribution in [2.75, 3.05) is 46.3 Å². The molecule has 0 saturated carbocycles. The molecule has 2 heterocycles. The van der Waals surface area contributed by atoms with E-state index in [1.807, 2.05) is 82.6 Å². The van der Waals surface area contributed by atoms with Crippen molar-refractivity contribution in [3.05, 3.63) is 83.9 Å². The second-order valence-corrected chi connectivity index (χ2v) is 12.3. The van der Waals surface area contributed by atoms with E-state index in [0.29, 0.717) is 57.0 Å². The molecule has 2 aliphatic rings. The first kappa shape index (κ1) is 32.9. The summed E-state index contributed by atoms with van der Waals surface area (Å²) in [5.74, 6) is -0.155. The number of nitrogens with one attached hydrogen (secondary N) is 3. The normalized spacial score (nSPS) is 19.8. The minimum absolute atomic E-state index is 0.0205. The summed E-state index contributed by atoms with van der Waals surface area (Å²) < 4.78 is 0. The minimum atomic E-state index is -0.465. The third-order valence-electron chi connectivity index (χ3n) is 9.10. The topological polar surface area (TPSA) is 132 Å².